The van der Waals surface area contributed by atoms with Crippen LogP contribution in [0.2, 0.25) is 10.0 Å². The first-order valence-corrected chi connectivity index (χ1v) is 15.4. The first-order chi connectivity index (χ1) is 19.1. The normalized spacial score (nSPS) is 14.5. The number of nitrogens with zero attached hydrogens (tertiary/aromatic N) is 2. The van der Waals surface area contributed by atoms with Gasteiger partial charge in [0, 0.05) is 17.6 Å². The molecule has 1 N–H and O–H groups in total. The molecule has 212 valence electrons. The molecule has 0 bridgehead atoms. The summed E-state index contributed by atoms with van der Waals surface area (Å²) in [4.78, 5) is 28.8. The van der Waals surface area contributed by atoms with Gasteiger partial charge in [0.2, 0.25) is 11.8 Å². The number of anilines is 1. The molecular weight excluding hydrogens is 569 g/mol. The van der Waals surface area contributed by atoms with E-state index in [1.54, 1.807) is 25.1 Å². The molecule has 1 aliphatic rings. The van der Waals surface area contributed by atoms with Crippen LogP contribution in [0.4, 0.5) is 5.69 Å². The van der Waals surface area contributed by atoms with Crippen molar-refractivity contribution in [3.05, 3.63) is 94.0 Å². The minimum atomic E-state index is -4.20. The van der Waals surface area contributed by atoms with Gasteiger partial charge >= 0.3 is 0 Å². The highest BCUT2D eigenvalue weighted by atomic mass is 35.5. The molecule has 2 amide bonds. The van der Waals surface area contributed by atoms with E-state index in [4.69, 9.17) is 23.2 Å². The van der Waals surface area contributed by atoms with E-state index in [0.29, 0.717) is 5.02 Å². The van der Waals surface area contributed by atoms with Crippen molar-refractivity contribution >= 4 is 50.7 Å². The van der Waals surface area contributed by atoms with Crippen LogP contribution in [-0.4, -0.2) is 43.8 Å². The number of hydrogen-bond donors (Lipinski definition) is 1. The Balaban J connectivity index is 1.70. The molecular formula is C30H33Cl2N3O4S. The number of rotatable bonds is 10. The summed E-state index contributed by atoms with van der Waals surface area (Å²) < 4.78 is 28.7. The first-order valence-electron chi connectivity index (χ1n) is 13.2. The van der Waals surface area contributed by atoms with E-state index in [9.17, 15) is 18.0 Å². The molecule has 1 atom stereocenters. The second-order valence-corrected chi connectivity index (χ2v) is 12.8. The zero-order valence-corrected chi connectivity index (χ0v) is 24.8. The Kier molecular flexibility index (Phi) is 9.77. The minimum absolute atomic E-state index is 0.00563. The second-order valence-electron chi connectivity index (χ2n) is 10.1. The van der Waals surface area contributed by atoms with Crippen molar-refractivity contribution in [1.29, 1.82) is 0 Å². The standard InChI is InChI=1S/C30H33Cl2N3O4S/c1-21-9-8-10-23(17-21)19-34(22(2)30(37)33-25-11-6-7-12-25)29(36)20-35(28-16-15-24(31)18-27(28)32)40(38,39)26-13-4-3-5-14-26/h3-5,8-10,13-18,22,25H,6-7,11-12,19-20H2,1-2H3,(H,33,37)/t22-/m0/s1. The van der Waals surface area contributed by atoms with Gasteiger partial charge in [0.15, 0.2) is 0 Å². The van der Waals surface area contributed by atoms with E-state index < -0.39 is 28.5 Å². The van der Waals surface area contributed by atoms with Gasteiger partial charge < -0.3 is 10.2 Å². The summed E-state index contributed by atoms with van der Waals surface area (Å²) in [6.45, 7) is 3.19. The van der Waals surface area contributed by atoms with E-state index in [-0.39, 0.29) is 34.1 Å². The number of sulfonamides is 1. The molecule has 0 saturated heterocycles. The third kappa shape index (κ3) is 7.16. The number of halogens is 2. The van der Waals surface area contributed by atoms with Gasteiger partial charge in [0.1, 0.15) is 12.6 Å². The number of amides is 2. The van der Waals surface area contributed by atoms with Gasteiger partial charge in [0.05, 0.1) is 15.6 Å². The molecule has 4 rings (SSSR count). The molecule has 0 heterocycles. The van der Waals surface area contributed by atoms with E-state index in [1.165, 1.54) is 35.2 Å². The SMILES string of the molecule is Cc1cccc(CN(C(=O)CN(c2ccc(Cl)cc2Cl)S(=O)(=O)c2ccccc2)[C@@H](C)C(=O)NC2CCCC2)c1. The fourth-order valence-corrected chi connectivity index (χ4v) is 6.91. The van der Waals surface area contributed by atoms with Crippen LogP contribution in [0.5, 0.6) is 0 Å². The molecule has 1 aliphatic carbocycles. The summed E-state index contributed by atoms with van der Waals surface area (Å²) in [5.41, 5.74) is 1.95. The van der Waals surface area contributed by atoms with Crippen LogP contribution in [0.1, 0.15) is 43.7 Å². The summed E-state index contributed by atoms with van der Waals surface area (Å²) in [6, 6.07) is 19.1. The van der Waals surface area contributed by atoms with E-state index in [1.807, 2.05) is 31.2 Å². The Morgan fingerprint density at radius 2 is 1.68 bits per heavy atom. The van der Waals surface area contributed by atoms with Crippen molar-refractivity contribution < 1.29 is 18.0 Å². The summed E-state index contributed by atoms with van der Waals surface area (Å²) in [6.07, 6.45) is 3.92. The Bertz CT molecular complexity index is 1460. The molecule has 0 spiro atoms. The summed E-state index contributed by atoms with van der Waals surface area (Å²) in [7, 11) is -4.20. The summed E-state index contributed by atoms with van der Waals surface area (Å²) in [5.74, 6) is -0.809. The number of carbonyl (C=O) groups is 2. The van der Waals surface area contributed by atoms with E-state index in [2.05, 4.69) is 5.32 Å². The lowest BCUT2D eigenvalue weighted by atomic mass is 10.1. The zero-order valence-electron chi connectivity index (χ0n) is 22.5. The lowest BCUT2D eigenvalue weighted by molar-refractivity contribution is -0.139. The second kappa shape index (κ2) is 13.1. The van der Waals surface area contributed by atoms with Crippen LogP contribution in [-0.2, 0) is 26.2 Å². The maximum Gasteiger partial charge on any atom is 0.264 e. The van der Waals surface area contributed by atoms with Crippen LogP contribution < -0.4 is 9.62 Å². The Labute approximate surface area is 246 Å². The van der Waals surface area contributed by atoms with Crippen molar-refractivity contribution in [2.45, 2.75) is 63.1 Å². The van der Waals surface area contributed by atoms with Gasteiger partial charge in [-0.2, -0.15) is 0 Å². The van der Waals surface area contributed by atoms with Gasteiger partial charge in [-0.1, -0.05) is 84.1 Å². The molecule has 1 saturated carbocycles. The number of benzene rings is 3. The van der Waals surface area contributed by atoms with Gasteiger partial charge in [-0.25, -0.2) is 8.42 Å². The molecule has 10 heteroatoms. The Morgan fingerprint density at radius 3 is 2.33 bits per heavy atom. The lowest BCUT2D eigenvalue weighted by Gasteiger charge is -2.32. The fraction of sp³-hybridized carbons (Fsp3) is 0.333. The molecule has 0 aromatic heterocycles. The smallest absolute Gasteiger partial charge is 0.264 e. The van der Waals surface area contributed by atoms with Crippen LogP contribution >= 0.6 is 23.2 Å². The highest BCUT2D eigenvalue weighted by Crippen LogP contribution is 2.33. The number of hydrogen-bond acceptors (Lipinski definition) is 4. The molecule has 0 aliphatic heterocycles. The Hall–Kier alpha value is -3.07. The third-order valence-corrected chi connectivity index (χ3v) is 9.40. The topological polar surface area (TPSA) is 86.8 Å². The number of aryl methyl sites for hydroxylation is 1. The predicted molar refractivity (Wildman–Crippen MR) is 159 cm³/mol. The predicted octanol–water partition coefficient (Wildman–Crippen LogP) is 5.97. The van der Waals surface area contributed by atoms with E-state index in [0.717, 1.165) is 41.1 Å². The maximum absolute atomic E-state index is 14.0. The van der Waals surface area contributed by atoms with Gasteiger partial charge in [-0.3, -0.25) is 13.9 Å². The average Bonchev–Trinajstić information content (AvgIpc) is 3.44. The van der Waals surface area contributed by atoms with Gasteiger partial charge in [-0.15, -0.1) is 0 Å². The van der Waals surface area contributed by atoms with Crippen molar-refractivity contribution in [3.63, 3.8) is 0 Å². The molecule has 3 aromatic carbocycles. The lowest BCUT2D eigenvalue weighted by Crippen LogP contribution is -2.52. The van der Waals surface area contributed by atoms with Crippen molar-refractivity contribution in [2.75, 3.05) is 10.8 Å². The summed E-state index contributed by atoms with van der Waals surface area (Å²) >= 11 is 12.5. The first kappa shape index (κ1) is 29.9. The largest absolute Gasteiger partial charge is 0.352 e. The minimum Gasteiger partial charge on any atom is -0.352 e. The van der Waals surface area contributed by atoms with Crippen LogP contribution in [0.3, 0.4) is 0 Å². The molecule has 7 nitrogen and oxygen atoms in total. The molecule has 1 fully saturated rings. The van der Waals surface area contributed by atoms with Gasteiger partial charge in [0.25, 0.3) is 10.0 Å². The molecule has 0 radical (unpaired) electrons. The number of nitrogens with one attached hydrogen (secondary N) is 1. The zero-order chi connectivity index (χ0) is 28.9. The number of carbonyl (C=O) groups excluding carboxylic acids is 2. The highest BCUT2D eigenvalue weighted by molar-refractivity contribution is 7.92. The van der Waals surface area contributed by atoms with Crippen LogP contribution in [0, 0.1) is 6.92 Å². The average molecular weight is 603 g/mol. The summed E-state index contributed by atoms with van der Waals surface area (Å²) in [5, 5.41) is 3.48. The van der Waals surface area contributed by atoms with Gasteiger partial charge in [-0.05, 0) is 62.6 Å². The quantitative estimate of drug-likeness (QED) is 0.310. The van der Waals surface area contributed by atoms with Crippen molar-refractivity contribution in [1.82, 2.24) is 10.2 Å². The van der Waals surface area contributed by atoms with E-state index >= 15 is 0 Å². The monoisotopic (exact) mass is 601 g/mol. The van der Waals surface area contributed by atoms with Crippen molar-refractivity contribution in [3.8, 4) is 0 Å². The molecule has 3 aromatic rings. The van der Waals surface area contributed by atoms with Crippen LogP contribution in [0.15, 0.2) is 77.7 Å². The van der Waals surface area contributed by atoms with Crippen LogP contribution in [0.25, 0.3) is 0 Å². The maximum atomic E-state index is 14.0. The van der Waals surface area contributed by atoms with Crippen molar-refractivity contribution in [2.24, 2.45) is 0 Å². The fourth-order valence-electron chi connectivity index (χ4n) is 4.90. The molecule has 40 heavy (non-hydrogen) atoms. The Morgan fingerprint density at radius 1 is 0.975 bits per heavy atom. The third-order valence-electron chi connectivity index (χ3n) is 7.09. The highest BCUT2D eigenvalue weighted by Gasteiger charge is 2.34. The molecule has 0 unspecified atom stereocenters.